The predicted octanol–water partition coefficient (Wildman–Crippen LogP) is 4.10. The number of amides is 2. The van der Waals surface area contributed by atoms with Crippen molar-refractivity contribution >= 4 is 17.7 Å². The standard InChI is InChI=1S/C21H24N2O3/c1-14-9-15(2)11-18(10-14)22-21(26)23-8-7-16(13-23)12-17-5-3-4-6-19(17)20(24)25/h3-6,9-11,16H,7-8,12-13H2,1-2H3,(H,22,26)(H,24,25). The Bertz CT molecular complexity index is 812. The number of likely N-dealkylation sites (tertiary alicyclic amines) is 1. The van der Waals surface area contributed by atoms with E-state index in [1.54, 1.807) is 12.1 Å². The summed E-state index contributed by atoms with van der Waals surface area (Å²) in [5.74, 6) is -0.622. The van der Waals surface area contributed by atoms with Crippen molar-refractivity contribution in [2.45, 2.75) is 26.7 Å². The van der Waals surface area contributed by atoms with Crippen LogP contribution in [0, 0.1) is 19.8 Å². The van der Waals surface area contributed by atoms with Crippen molar-refractivity contribution in [3.63, 3.8) is 0 Å². The molecule has 2 aromatic carbocycles. The Morgan fingerprint density at radius 3 is 2.54 bits per heavy atom. The lowest BCUT2D eigenvalue weighted by atomic mass is 9.95. The van der Waals surface area contributed by atoms with Gasteiger partial charge in [0.15, 0.2) is 0 Å². The maximum atomic E-state index is 12.5. The van der Waals surface area contributed by atoms with Gasteiger partial charge in [-0.2, -0.15) is 0 Å². The van der Waals surface area contributed by atoms with Crippen molar-refractivity contribution in [2.24, 2.45) is 5.92 Å². The zero-order chi connectivity index (χ0) is 18.7. The van der Waals surface area contributed by atoms with E-state index in [9.17, 15) is 14.7 Å². The van der Waals surface area contributed by atoms with Crippen molar-refractivity contribution in [2.75, 3.05) is 18.4 Å². The Kier molecular flexibility index (Phi) is 5.26. The molecule has 0 aromatic heterocycles. The molecule has 3 rings (SSSR count). The molecule has 5 nitrogen and oxygen atoms in total. The molecular weight excluding hydrogens is 328 g/mol. The molecule has 1 heterocycles. The number of carbonyl (C=O) groups excluding carboxylic acids is 1. The van der Waals surface area contributed by atoms with Gasteiger partial charge < -0.3 is 15.3 Å². The average Bonchev–Trinajstić information content (AvgIpc) is 3.03. The molecule has 26 heavy (non-hydrogen) atoms. The topological polar surface area (TPSA) is 69.6 Å². The molecule has 1 unspecified atom stereocenters. The number of anilines is 1. The number of benzene rings is 2. The van der Waals surface area contributed by atoms with E-state index in [1.807, 2.05) is 43.0 Å². The van der Waals surface area contributed by atoms with Crippen LogP contribution in [0.25, 0.3) is 0 Å². The molecule has 0 saturated carbocycles. The van der Waals surface area contributed by atoms with Crippen molar-refractivity contribution in [3.05, 3.63) is 64.7 Å². The van der Waals surface area contributed by atoms with E-state index in [0.29, 0.717) is 25.1 Å². The number of nitrogens with zero attached hydrogens (tertiary/aromatic N) is 1. The largest absolute Gasteiger partial charge is 0.478 e. The molecule has 0 bridgehead atoms. The minimum absolute atomic E-state index is 0.0935. The van der Waals surface area contributed by atoms with Crippen LogP contribution >= 0.6 is 0 Å². The number of aryl methyl sites for hydroxylation is 2. The van der Waals surface area contributed by atoms with Crippen LogP contribution in [-0.4, -0.2) is 35.1 Å². The number of carboxylic acid groups (broad SMARTS) is 1. The quantitative estimate of drug-likeness (QED) is 0.870. The number of hydrogen-bond acceptors (Lipinski definition) is 2. The van der Waals surface area contributed by atoms with Crippen LogP contribution in [0.2, 0.25) is 0 Å². The summed E-state index contributed by atoms with van der Waals surface area (Å²) in [5, 5.41) is 12.3. The number of aromatic carboxylic acids is 1. The van der Waals surface area contributed by atoms with Crippen LogP contribution in [0.4, 0.5) is 10.5 Å². The van der Waals surface area contributed by atoms with Gasteiger partial charge in [-0.05, 0) is 67.5 Å². The fourth-order valence-corrected chi connectivity index (χ4v) is 3.65. The Balaban J connectivity index is 1.61. The highest BCUT2D eigenvalue weighted by molar-refractivity contribution is 5.90. The minimum Gasteiger partial charge on any atom is -0.478 e. The zero-order valence-corrected chi connectivity index (χ0v) is 15.2. The van der Waals surface area contributed by atoms with Crippen LogP contribution in [-0.2, 0) is 6.42 Å². The van der Waals surface area contributed by atoms with E-state index in [0.717, 1.165) is 28.8 Å². The zero-order valence-electron chi connectivity index (χ0n) is 15.2. The first-order valence-corrected chi connectivity index (χ1v) is 8.88. The van der Waals surface area contributed by atoms with Crippen molar-refractivity contribution in [3.8, 4) is 0 Å². The molecule has 1 atom stereocenters. The molecule has 1 saturated heterocycles. The number of rotatable bonds is 4. The summed E-state index contributed by atoms with van der Waals surface area (Å²) in [6, 6.07) is 13.0. The maximum Gasteiger partial charge on any atom is 0.335 e. The van der Waals surface area contributed by atoms with Crippen LogP contribution in [0.3, 0.4) is 0 Å². The fourth-order valence-electron chi connectivity index (χ4n) is 3.65. The van der Waals surface area contributed by atoms with E-state index in [2.05, 4.69) is 11.4 Å². The molecule has 2 N–H and O–H groups in total. The highest BCUT2D eigenvalue weighted by Gasteiger charge is 2.27. The lowest BCUT2D eigenvalue weighted by molar-refractivity contribution is 0.0695. The third-order valence-electron chi connectivity index (χ3n) is 4.80. The number of nitrogens with one attached hydrogen (secondary N) is 1. The van der Waals surface area contributed by atoms with Gasteiger partial charge in [-0.15, -0.1) is 0 Å². The van der Waals surface area contributed by atoms with Crippen LogP contribution in [0.5, 0.6) is 0 Å². The van der Waals surface area contributed by atoms with Crippen molar-refractivity contribution in [1.82, 2.24) is 4.90 Å². The molecule has 0 radical (unpaired) electrons. The second-order valence-electron chi connectivity index (χ2n) is 7.07. The Morgan fingerprint density at radius 2 is 1.85 bits per heavy atom. The molecule has 0 aliphatic carbocycles. The summed E-state index contributed by atoms with van der Waals surface area (Å²) in [7, 11) is 0. The number of hydrogen-bond donors (Lipinski definition) is 2. The second-order valence-corrected chi connectivity index (χ2v) is 7.07. The second kappa shape index (κ2) is 7.60. The van der Waals surface area contributed by atoms with Crippen LogP contribution < -0.4 is 5.32 Å². The van der Waals surface area contributed by atoms with Crippen LogP contribution in [0.1, 0.15) is 33.5 Å². The van der Waals surface area contributed by atoms with Gasteiger partial charge in [-0.25, -0.2) is 9.59 Å². The Hall–Kier alpha value is -2.82. The molecule has 2 aromatic rings. The molecule has 5 heteroatoms. The number of carboxylic acids is 1. The molecule has 0 spiro atoms. The predicted molar refractivity (Wildman–Crippen MR) is 102 cm³/mol. The molecule has 2 amide bonds. The number of urea groups is 1. The fraction of sp³-hybridized carbons (Fsp3) is 0.333. The summed E-state index contributed by atoms with van der Waals surface area (Å²) in [5.41, 5.74) is 4.23. The van der Waals surface area contributed by atoms with Gasteiger partial charge in [0.1, 0.15) is 0 Å². The maximum absolute atomic E-state index is 12.5. The van der Waals surface area contributed by atoms with Gasteiger partial charge in [-0.1, -0.05) is 24.3 Å². The van der Waals surface area contributed by atoms with E-state index in [-0.39, 0.29) is 11.9 Å². The molecular formula is C21H24N2O3. The van der Waals surface area contributed by atoms with Gasteiger partial charge >= 0.3 is 12.0 Å². The summed E-state index contributed by atoms with van der Waals surface area (Å²) in [6.45, 7) is 5.35. The summed E-state index contributed by atoms with van der Waals surface area (Å²) in [4.78, 5) is 25.7. The Labute approximate surface area is 153 Å². The minimum atomic E-state index is -0.900. The SMILES string of the molecule is Cc1cc(C)cc(NC(=O)N2CCC(Cc3ccccc3C(=O)O)C2)c1. The lowest BCUT2D eigenvalue weighted by Crippen LogP contribution is -2.33. The normalized spacial score (nSPS) is 16.5. The van der Waals surface area contributed by atoms with Gasteiger partial charge in [0.05, 0.1) is 5.56 Å². The first-order valence-electron chi connectivity index (χ1n) is 8.88. The van der Waals surface area contributed by atoms with Crippen molar-refractivity contribution < 1.29 is 14.7 Å². The molecule has 136 valence electrons. The summed E-state index contributed by atoms with van der Waals surface area (Å²) in [6.07, 6.45) is 1.56. The van der Waals surface area contributed by atoms with Gasteiger partial charge in [-0.3, -0.25) is 0 Å². The first-order chi connectivity index (χ1) is 12.4. The third-order valence-corrected chi connectivity index (χ3v) is 4.80. The lowest BCUT2D eigenvalue weighted by Gasteiger charge is -2.18. The van der Waals surface area contributed by atoms with E-state index >= 15 is 0 Å². The molecule has 1 fully saturated rings. The molecule has 1 aliphatic heterocycles. The summed E-state index contributed by atoms with van der Waals surface area (Å²) < 4.78 is 0. The number of carbonyl (C=O) groups is 2. The van der Waals surface area contributed by atoms with Gasteiger partial charge in [0.2, 0.25) is 0 Å². The van der Waals surface area contributed by atoms with E-state index in [4.69, 9.17) is 0 Å². The van der Waals surface area contributed by atoms with Crippen LogP contribution in [0.15, 0.2) is 42.5 Å². The Morgan fingerprint density at radius 1 is 1.15 bits per heavy atom. The van der Waals surface area contributed by atoms with E-state index < -0.39 is 5.97 Å². The highest BCUT2D eigenvalue weighted by atomic mass is 16.4. The van der Waals surface area contributed by atoms with E-state index in [1.165, 1.54) is 0 Å². The van der Waals surface area contributed by atoms with Gasteiger partial charge in [0, 0.05) is 18.8 Å². The molecule has 1 aliphatic rings. The monoisotopic (exact) mass is 352 g/mol. The first kappa shape index (κ1) is 18.0. The van der Waals surface area contributed by atoms with Crippen molar-refractivity contribution in [1.29, 1.82) is 0 Å². The highest BCUT2D eigenvalue weighted by Crippen LogP contribution is 2.24. The summed E-state index contributed by atoms with van der Waals surface area (Å²) >= 11 is 0. The average molecular weight is 352 g/mol. The smallest absolute Gasteiger partial charge is 0.335 e. The third kappa shape index (κ3) is 4.23. The van der Waals surface area contributed by atoms with Gasteiger partial charge in [0.25, 0.3) is 0 Å².